The zero-order valence-corrected chi connectivity index (χ0v) is 14.0. The minimum absolute atomic E-state index is 0.104. The highest BCUT2D eigenvalue weighted by atomic mass is 16.5. The number of aryl methyl sites for hydroxylation is 1. The first-order valence-corrected chi connectivity index (χ1v) is 7.86. The molecule has 0 aliphatic heterocycles. The van der Waals surface area contributed by atoms with E-state index in [1.54, 1.807) is 18.2 Å². The number of ether oxygens (including phenoxy) is 1. The minimum Gasteiger partial charge on any atom is -0.488 e. The van der Waals surface area contributed by atoms with E-state index in [0.29, 0.717) is 23.5 Å². The number of nitrogens with zero attached hydrogens (tertiary/aromatic N) is 3. The predicted molar refractivity (Wildman–Crippen MR) is 94.7 cm³/mol. The molecule has 3 aromatic rings. The molecular weight excluding hydrogens is 330 g/mol. The Kier molecular flexibility index (Phi) is 4.90. The Morgan fingerprint density at radius 3 is 2.65 bits per heavy atom. The van der Waals surface area contributed by atoms with Crippen molar-refractivity contribution in [1.29, 1.82) is 5.26 Å². The third-order valence-corrected chi connectivity index (χ3v) is 3.75. The second-order valence-electron chi connectivity index (χ2n) is 5.67. The molecule has 26 heavy (non-hydrogen) atoms. The lowest BCUT2D eigenvalue weighted by Gasteiger charge is -2.09. The number of benzene rings is 2. The summed E-state index contributed by atoms with van der Waals surface area (Å²) in [6.07, 6.45) is 1.37. The van der Waals surface area contributed by atoms with Crippen molar-refractivity contribution in [2.45, 2.75) is 13.5 Å². The van der Waals surface area contributed by atoms with E-state index in [4.69, 9.17) is 9.84 Å². The Hall–Kier alpha value is -3.72. The maximum Gasteiger partial charge on any atom is 0.354 e. The number of carboxylic acids is 1. The van der Waals surface area contributed by atoms with Gasteiger partial charge in [0.05, 0.1) is 5.56 Å². The van der Waals surface area contributed by atoms with E-state index in [1.165, 1.54) is 17.8 Å². The van der Waals surface area contributed by atoms with Crippen molar-refractivity contribution in [3.8, 4) is 23.2 Å². The van der Waals surface area contributed by atoms with Crippen LogP contribution in [0.3, 0.4) is 0 Å². The topological polar surface area (TPSA) is 96.1 Å². The van der Waals surface area contributed by atoms with Gasteiger partial charge in [-0.25, -0.2) is 14.8 Å². The lowest BCUT2D eigenvalue weighted by atomic mass is 10.1. The zero-order chi connectivity index (χ0) is 18.5. The zero-order valence-electron chi connectivity index (χ0n) is 14.0. The Bertz CT molecular complexity index is 992. The number of hydrogen-bond donors (Lipinski definition) is 1. The number of carbonyl (C=O) groups is 1. The van der Waals surface area contributed by atoms with Gasteiger partial charge in [0.1, 0.15) is 18.4 Å². The van der Waals surface area contributed by atoms with Gasteiger partial charge in [0.15, 0.2) is 11.5 Å². The lowest BCUT2D eigenvalue weighted by Crippen LogP contribution is -2.02. The highest BCUT2D eigenvalue weighted by Crippen LogP contribution is 2.25. The molecule has 6 nitrogen and oxygen atoms in total. The van der Waals surface area contributed by atoms with Crippen LogP contribution < -0.4 is 4.74 Å². The van der Waals surface area contributed by atoms with Gasteiger partial charge >= 0.3 is 5.97 Å². The Morgan fingerprint density at radius 1 is 1.19 bits per heavy atom. The standard InChI is InChI=1S/C20H15N3O3/c1-13-2-4-14(5-3-13)12-26-18-7-6-15(10-16(18)11-21)19-22-9-8-17(23-19)20(24)25/h2-10H,12H2,1H3,(H,24,25). The van der Waals surface area contributed by atoms with Gasteiger partial charge in [-0.2, -0.15) is 5.26 Å². The lowest BCUT2D eigenvalue weighted by molar-refractivity contribution is 0.0690. The summed E-state index contributed by atoms with van der Waals surface area (Å²) >= 11 is 0. The van der Waals surface area contributed by atoms with Crippen LogP contribution in [0, 0.1) is 18.3 Å². The molecule has 1 aromatic heterocycles. The quantitative estimate of drug-likeness (QED) is 0.759. The maximum absolute atomic E-state index is 11.0. The molecule has 0 amide bonds. The second-order valence-corrected chi connectivity index (χ2v) is 5.67. The molecule has 0 bridgehead atoms. The number of rotatable bonds is 5. The third-order valence-electron chi connectivity index (χ3n) is 3.75. The van der Waals surface area contributed by atoms with E-state index in [9.17, 15) is 10.1 Å². The van der Waals surface area contributed by atoms with Crippen LogP contribution in [0.2, 0.25) is 0 Å². The van der Waals surface area contributed by atoms with Crippen LogP contribution in [0.4, 0.5) is 0 Å². The smallest absolute Gasteiger partial charge is 0.354 e. The number of aromatic carboxylic acids is 1. The summed E-state index contributed by atoms with van der Waals surface area (Å²) in [7, 11) is 0. The van der Waals surface area contributed by atoms with Crippen LogP contribution in [0.5, 0.6) is 5.75 Å². The first-order chi connectivity index (χ1) is 12.6. The molecule has 0 saturated carbocycles. The van der Waals surface area contributed by atoms with Crippen LogP contribution in [0.25, 0.3) is 11.4 Å². The van der Waals surface area contributed by atoms with Crippen LogP contribution in [0.1, 0.15) is 27.2 Å². The molecule has 0 unspecified atom stereocenters. The minimum atomic E-state index is -1.13. The van der Waals surface area contributed by atoms with E-state index in [0.717, 1.165) is 5.56 Å². The molecule has 128 valence electrons. The molecule has 1 N–H and O–H groups in total. The molecule has 1 heterocycles. The SMILES string of the molecule is Cc1ccc(COc2ccc(-c3nccc(C(=O)O)n3)cc2C#N)cc1. The van der Waals surface area contributed by atoms with Gasteiger partial charge in [-0.05, 0) is 36.8 Å². The number of nitriles is 1. The van der Waals surface area contributed by atoms with Gasteiger partial charge < -0.3 is 9.84 Å². The predicted octanol–water partition coefficient (Wildman–Crippen LogP) is 3.60. The molecule has 0 radical (unpaired) electrons. The molecule has 0 aliphatic rings. The first-order valence-electron chi connectivity index (χ1n) is 7.86. The van der Waals surface area contributed by atoms with Gasteiger partial charge in [-0.1, -0.05) is 29.8 Å². The average molecular weight is 345 g/mol. The number of hydrogen-bond acceptors (Lipinski definition) is 5. The van der Waals surface area contributed by atoms with Gasteiger partial charge in [-0.15, -0.1) is 0 Å². The molecular formula is C20H15N3O3. The highest BCUT2D eigenvalue weighted by Gasteiger charge is 2.11. The Balaban J connectivity index is 1.84. The summed E-state index contributed by atoms with van der Waals surface area (Å²) in [5, 5.41) is 18.4. The van der Waals surface area contributed by atoms with Crippen LogP contribution >= 0.6 is 0 Å². The highest BCUT2D eigenvalue weighted by molar-refractivity contribution is 5.85. The summed E-state index contributed by atoms with van der Waals surface area (Å²) < 4.78 is 5.75. The van der Waals surface area contributed by atoms with E-state index in [1.807, 2.05) is 31.2 Å². The second kappa shape index (κ2) is 7.45. The van der Waals surface area contributed by atoms with Gasteiger partial charge in [0, 0.05) is 11.8 Å². The van der Waals surface area contributed by atoms with E-state index in [-0.39, 0.29) is 11.5 Å². The Labute approximate surface area is 150 Å². The van der Waals surface area contributed by atoms with Crippen molar-refractivity contribution in [3.05, 3.63) is 77.1 Å². The average Bonchev–Trinajstić information content (AvgIpc) is 2.67. The molecule has 0 saturated heterocycles. The van der Waals surface area contributed by atoms with Crippen LogP contribution in [-0.4, -0.2) is 21.0 Å². The summed E-state index contributed by atoms with van der Waals surface area (Å²) in [6, 6.07) is 16.3. The van der Waals surface area contributed by atoms with Gasteiger partial charge in [0.2, 0.25) is 0 Å². The third kappa shape index (κ3) is 3.84. The fourth-order valence-electron chi connectivity index (χ4n) is 2.34. The van der Waals surface area contributed by atoms with Crippen molar-refractivity contribution < 1.29 is 14.6 Å². The van der Waals surface area contributed by atoms with Crippen molar-refractivity contribution >= 4 is 5.97 Å². The maximum atomic E-state index is 11.0. The van der Waals surface area contributed by atoms with Crippen molar-refractivity contribution in [2.24, 2.45) is 0 Å². The summed E-state index contributed by atoms with van der Waals surface area (Å²) in [6.45, 7) is 2.36. The van der Waals surface area contributed by atoms with Crippen molar-refractivity contribution in [2.75, 3.05) is 0 Å². The largest absolute Gasteiger partial charge is 0.488 e. The fraction of sp³-hybridized carbons (Fsp3) is 0.100. The molecule has 0 fully saturated rings. The Morgan fingerprint density at radius 2 is 1.96 bits per heavy atom. The van der Waals surface area contributed by atoms with Crippen molar-refractivity contribution in [3.63, 3.8) is 0 Å². The normalized spacial score (nSPS) is 10.2. The van der Waals surface area contributed by atoms with Crippen LogP contribution in [-0.2, 0) is 6.61 Å². The summed E-state index contributed by atoms with van der Waals surface area (Å²) in [5.74, 6) is -0.440. The van der Waals surface area contributed by atoms with Crippen LogP contribution in [0.15, 0.2) is 54.7 Å². The van der Waals surface area contributed by atoms with Gasteiger partial charge in [-0.3, -0.25) is 0 Å². The van der Waals surface area contributed by atoms with Gasteiger partial charge in [0.25, 0.3) is 0 Å². The molecule has 0 atom stereocenters. The van der Waals surface area contributed by atoms with E-state index in [2.05, 4.69) is 16.0 Å². The fourth-order valence-corrected chi connectivity index (χ4v) is 2.34. The molecule has 2 aromatic carbocycles. The van der Waals surface area contributed by atoms with E-state index >= 15 is 0 Å². The molecule has 3 rings (SSSR count). The summed E-state index contributed by atoms with van der Waals surface area (Å²) in [5.41, 5.74) is 2.94. The summed E-state index contributed by atoms with van der Waals surface area (Å²) in [4.78, 5) is 19.1. The first kappa shape index (κ1) is 17.1. The molecule has 6 heteroatoms. The molecule has 0 aliphatic carbocycles. The number of carboxylic acid groups (broad SMARTS) is 1. The van der Waals surface area contributed by atoms with E-state index < -0.39 is 5.97 Å². The monoisotopic (exact) mass is 345 g/mol. The van der Waals surface area contributed by atoms with Crippen molar-refractivity contribution in [1.82, 2.24) is 9.97 Å². The molecule has 0 spiro atoms. The number of aromatic nitrogens is 2.